The molecule has 2 aromatic rings. The zero-order chi connectivity index (χ0) is 18.3. The Morgan fingerprint density at radius 2 is 2.08 bits per heavy atom. The lowest BCUT2D eigenvalue weighted by Crippen LogP contribution is -2.25. The van der Waals surface area contributed by atoms with Gasteiger partial charge in [0.1, 0.15) is 0 Å². The highest BCUT2D eigenvalue weighted by atomic mass is 16.4. The Labute approximate surface area is 152 Å². The van der Waals surface area contributed by atoms with Gasteiger partial charge in [-0.2, -0.15) is 0 Å². The Morgan fingerprint density at radius 3 is 2.81 bits per heavy atom. The van der Waals surface area contributed by atoms with E-state index in [1.807, 2.05) is 13.2 Å². The summed E-state index contributed by atoms with van der Waals surface area (Å²) < 4.78 is 1.66. The second-order valence-electron chi connectivity index (χ2n) is 7.43. The molecule has 3 heterocycles. The van der Waals surface area contributed by atoms with Gasteiger partial charge in [0.2, 0.25) is 5.95 Å². The van der Waals surface area contributed by atoms with E-state index < -0.39 is 5.97 Å². The van der Waals surface area contributed by atoms with Crippen LogP contribution in [0.3, 0.4) is 0 Å². The summed E-state index contributed by atoms with van der Waals surface area (Å²) in [7, 11) is 1.82. The predicted molar refractivity (Wildman–Crippen MR) is 95.1 cm³/mol. The number of hydrogen-bond donors (Lipinski definition) is 1. The average molecular weight is 356 g/mol. The molecule has 0 radical (unpaired) electrons. The van der Waals surface area contributed by atoms with E-state index in [1.165, 1.54) is 18.4 Å². The highest BCUT2D eigenvalue weighted by Gasteiger charge is 2.38. The molecule has 0 unspecified atom stereocenters. The number of hydrogen-bond acceptors (Lipinski definition) is 6. The van der Waals surface area contributed by atoms with E-state index in [2.05, 4.69) is 22.1 Å². The summed E-state index contributed by atoms with van der Waals surface area (Å²) in [5.74, 6) is -0.0536. The van der Waals surface area contributed by atoms with E-state index >= 15 is 0 Å². The van der Waals surface area contributed by atoms with E-state index in [9.17, 15) is 9.90 Å². The molecule has 0 saturated carbocycles. The highest BCUT2D eigenvalue weighted by molar-refractivity contribution is 5.67. The van der Waals surface area contributed by atoms with Crippen LogP contribution < -0.4 is 4.90 Å². The molecule has 138 valence electrons. The number of fused-ring (bicyclic) bond motifs is 1. The van der Waals surface area contributed by atoms with Gasteiger partial charge in [0.05, 0.1) is 12.1 Å². The fourth-order valence-electron chi connectivity index (χ4n) is 4.24. The number of aryl methyl sites for hydroxylation is 3. The first-order valence-corrected chi connectivity index (χ1v) is 9.20. The molecule has 4 rings (SSSR count). The molecule has 2 aliphatic rings. The predicted octanol–water partition coefficient (Wildman–Crippen LogP) is 1.49. The third kappa shape index (κ3) is 3.15. The normalized spacial score (nSPS) is 22.5. The third-order valence-corrected chi connectivity index (χ3v) is 5.54. The van der Waals surface area contributed by atoms with Crippen LogP contribution >= 0.6 is 0 Å². The summed E-state index contributed by atoms with van der Waals surface area (Å²) >= 11 is 0. The number of carboxylic acid groups (broad SMARTS) is 1. The van der Waals surface area contributed by atoms with Gasteiger partial charge in [-0.25, -0.2) is 9.97 Å². The molecular weight excluding hydrogens is 332 g/mol. The number of aromatic nitrogens is 5. The van der Waals surface area contributed by atoms with Crippen LogP contribution in [-0.2, 0) is 24.7 Å². The zero-order valence-electron chi connectivity index (χ0n) is 15.2. The van der Waals surface area contributed by atoms with Gasteiger partial charge < -0.3 is 10.0 Å². The molecule has 0 bridgehead atoms. The van der Waals surface area contributed by atoms with Crippen LogP contribution in [0.2, 0.25) is 0 Å². The molecule has 8 nitrogen and oxygen atoms in total. The van der Waals surface area contributed by atoms with Crippen molar-refractivity contribution in [1.82, 2.24) is 25.0 Å². The van der Waals surface area contributed by atoms with Crippen molar-refractivity contribution < 1.29 is 9.90 Å². The van der Waals surface area contributed by atoms with Crippen molar-refractivity contribution in [3.63, 3.8) is 0 Å². The third-order valence-electron chi connectivity index (χ3n) is 5.54. The van der Waals surface area contributed by atoms with Crippen molar-refractivity contribution in [2.45, 2.75) is 44.9 Å². The van der Waals surface area contributed by atoms with Crippen molar-refractivity contribution in [2.24, 2.45) is 13.0 Å². The van der Waals surface area contributed by atoms with Crippen LogP contribution in [-0.4, -0.2) is 49.1 Å². The minimum atomic E-state index is -0.784. The average Bonchev–Trinajstić information content (AvgIpc) is 3.20. The SMILES string of the molecule is Cc1nc(N2C[C@H](CC(=O)O)[C@H](c3cn(C)nn3)C2)nc2c1CCCC2. The quantitative estimate of drug-likeness (QED) is 0.886. The van der Waals surface area contributed by atoms with E-state index in [-0.39, 0.29) is 18.3 Å². The molecule has 26 heavy (non-hydrogen) atoms. The van der Waals surface area contributed by atoms with Crippen molar-refractivity contribution >= 4 is 11.9 Å². The molecule has 1 N–H and O–H groups in total. The standard InChI is InChI=1S/C18H24N6O2/c1-11-13-5-3-4-6-15(13)20-18(19-11)24-8-12(7-17(25)26)14(9-24)16-10-23(2)22-21-16/h10,12,14H,3-9H2,1-2H3,(H,25,26)/t12-,14+/m0/s1. The van der Waals surface area contributed by atoms with Gasteiger partial charge in [-0.05, 0) is 44.1 Å². The maximum atomic E-state index is 11.3. The fraction of sp³-hybridized carbons (Fsp3) is 0.611. The Balaban J connectivity index is 1.63. The molecule has 1 fully saturated rings. The van der Waals surface area contributed by atoms with Crippen molar-refractivity contribution in [3.8, 4) is 0 Å². The second-order valence-corrected chi connectivity index (χ2v) is 7.43. The Kier molecular flexibility index (Phi) is 4.34. The van der Waals surface area contributed by atoms with Gasteiger partial charge in [-0.15, -0.1) is 5.10 Å². The van der Waals surface area contributed by atoms with Gasteiger partial charge in [0.25, 0.3) is 0 Å². The molecule has 0 spiro atoms. The number of nitrogens with zero attached hydrogens (tertiary/aromatic N) is 6. The van der Waals surface area contributed by atoms with Gasteiger partial charge in [-0.1, -0.05) is 5.21 Å². The number of aliphatic carboxylic acids is 1. The number of anilines is 1. The van der Waals surface area contributed by atoms with Crippen LogP contribution in [0.25, 0.3) is 0 Å². The maximum absolute atomic E-state index is 11.3. The van der Waals surface area contributed by atoms with Gasteiger partial charge in [0.15, 0.2) is 0 Å². The van der Waals surface area contributed by atoms with E-state index in [0.717, 1.165) is 35.9 Å². The van der Waals surface area contributed by atoms with Gasteiger partial charge in [0, 0.05) is 43.6 Å². The van der Waals surface area contributed by atoms with Gasteiger partial charge >= 0.3 is 5.97 Å². The summed E-state index contributed by atoms with van der Waals surface area (Å²) in [6.07, 6.45) is 6.43. The largest absolute Gasteiger partial charge is 0.481 e. The molecule has 2 atom stereocenters. The number of rotatable bonds is 4. The van der Waals surface area contributed by atoms with Crippen LogP contribution in [0, 0.1) is 12.8 Å². The fourth-order valence-corrected chi connectivity index (χ4v) is 4.24. The Bertz CT molecular complexity index is 833. The minimum Gasteiger partial charge on any atom is -0.481 e. The molecule has 1 aliphatic carbocycles. The monoisotopic (exact) mass is 356 g/mol. The second kappa shape index (κ2) is 6.66. The lowest BCUT2D eigenvalue weighted by atomic mass is 9.91. The lowest BCUT2D eigenvalue weighted by molar-refractivity contribution is -0.138. The van der Waals surface area contributed by atoms with Gasteiger partial charge in [-0.3, -0.25) is 9.48 Å². The Hall–Kier alpha value is -2.51. The van der Waals surface area contributed by atoms with E-state index in [0.29, 0.717) is 13.1 Å². The number of carbonyl (C=O) groups is 1. The van der Waals surface area contributed by atoms with Crippen molar-refractivity contribution in [2.75, 3.05) is 18.0 Å². The van der Waals surface area contributed by atoms with Crippen LogP contribution in [0.1, 0.15) is 47.8 Å². The number of carboxylic acids is 1. The van der Waals surface area contributed by atoms with Crippen molar-refractivity contribution in [3.05, 3.63) is 28.8 Å². The molecule has 1 aliphatic heterocycles. The first-order chi connectivity index (χ1) is 12.5. The first kappa shape index (κ1) is 16.9. The molecule has 0 amide bonds. The minimum absolute atomic E-state index is 0.0239. The summed E-state index contributed by atoms with van der Waals surface area (Å²) in [6.45, 7) is 3.36. The molecule has 8 heteroatoms. The molecular formula is C18H24N6O2. The summed E-state index contributed by atoms with van der Waals surface area (Å²) in [5, 5.41) is 17.5. The van der Waals surface area contributed by atoms with E-state index in [1.54, 1.807) is 4.68 Å². The molecule has 2 aromatic heterocycles. The van der Waals surface area contributed by atoms with E-state index in [4.69, 9.17) is 9.97 Å². The molecule has 0 aromatic carbocycles. The summed E-state index contributed by atoms with van der Waals surface area (Å²) in [6, 6.07) is 0. The lowest BCUT2D eigenvalue weighted by Gasteiger charge is -2.22. The van der Waals surface area contributed by atoms with Crippen molar-refractivity contribution in [1.29, 1.82) is 0 Å². The summed E-state index contributed by atoms with van der Waals surface area (Å²) in [5.41, 5.74) is 4.36. The molecule has 1 saturated heterocycles. The van der Waals surface area contributed by atoms with Crippen LogP contribution in [0.15, 0.2) is 6.20 Å². The summed E-state index contributed by atoms with van der Waals surface area (Å²) in [4.78, 5) is 23.0. The maximum Gasteiger partial charge on any atom is 0.303 e. The highest BCUT2D eigenvalue weighted by Crippen LogP contribution is 2.36. The topological polar surface area (TPSA) is 97.0 Å². The smallest absolute Gasteiger partial charge is 0.303 e. The first-order valence-electron chi connectivity index (χ1n) is 9.20. The van der Waals surface area contributed by atoms with Crippen LogP contribution in [0.4, 0.5) is 5.95 Å². The zero-order valence-corrected chi connectivity index (χ0v) is 15.2. The Morgan fingerprint density at radius 1 is 1.27 bits per heavy atom. The van der Waals surface area contributed by atoms with Crippen LogP contribution in [0.5, 0.6) is 0 Å².